The minimum atomic E-state index is -0.623. The molecule has 0 aliphatic heterocycles. The van der Waals surface area contributed by atoms with E-state index in [9.17, 15) is 14.9 Å². The zero-order valence-corrected chi connectivity index (χ0v) is 11.0. The van der Waals surface area contributed by atoms with Gasteiger partial charge in [-0.05, 0) is 29.5 Å². The number of carbonyl (C=O) groups excluding carboxylic acids is 1. The normalized spacial score (nSPS) is 10.3. The van der Waals surface area contributed by atoms with E-state index in [1.807, 2.05) is 6.92 Å². The van der Waals surface area contributed by atoms with Crippen LogP contribution in [0.3, 0.4) is 0 Å². The number of aryl methyl sites for hydroxylation is 1. The molecule has 0 saturated carbocycles. The lowest BCUT2D eigenvalue weighted by Crippen LogP contribution is -2.16. The monoisotopic (exact) mass is 296 g/mol. The highest BCUT2D eigenvalue weighted by atomic mass is 35.5. The molecule has 2 rings (SSSR count). The molecular formula is C10H9ClN6O3. The molecule has 1 heterocycles. The Labute approximate surface area is 117 Å². The van der Waals surface area contributed by atoms with E-state index in [1.165, 1.54) is 22.9 Å². The Morgan fingerprint density at radius 1 is 1.55 bits per heavy atom. The average Bonchev–Trinajstić information content (AvgIpc) is 2.85. The summed E-state index contributed by atoms with van der Waals surface area (Å²) in [6.07, 6.45) is 0. The molecule has 0 unspecified atom stereocenters. The minimum Gasteiger partial charge on any atom is -0.289 e. The highest BCUT2D eigenvalue weighted by Crippen LogP contribution is 2.25. The van der Waals surface area contributed by atoms with Gasteiger partial charge in [0.25, 0.3) is 11.6 Å². The number of nitrogens with one attached hydrogen (secondary N) is 1. The van der Waals surface area contributed by atoms with Crippen molar-refractivity contribution >= 4 is 29.1 Å². The Hall–Kier alpha value is -2.55. The van der Waals surface area contributed by atoms with Crippen LogP contribution < -0.4 is 5.32 Å². The highest BCUT2D eigenvalue weighted by Gasteiger charge is 2.16. The third kappa shape index (κ3) is 2.72. The van der Waals surface area contributed by atoms with Gasteiger partial charge in [-0.3, -0.25) is 20.2 Å². The van der Waals surface area contributed by atoms with Crippen LogP contribution in [-0.2, 0) is 6.54 Å². The maximum absolute atomic E-state index is 12.0. The summed E-state index contributed by atoms with van der Waals surface area (Å²) >= 11 is 5.74. The fraction of sp³-hybridized carbons (Fsp3) is 0.200. The van der Waals surface area contributed by atoms with E-state index in [0.29, 0.717) is 6.54 Å². The SMILES string of the molecule is CCn1nnnc1NC(=O)c1ccc([N+](=O)[O-])c(Cl)c1. The Bertz CT molecular complexity index is 671. The first-order chi connectivity index (χ1) is 9.52. The first-order valence-corrected chi connectivity index (χ1v) is 5.92. The van der Waals surface area contributed by atoms with Crippen LogP contribution in [0.2, 0.25) is 5.02 Å². The molecule has 0 bridgehead atoms. The zero-order valence-electron chi connectivity index (χ0n) is 10.3. The summed E-state index contributed by atoms with van der Waals surface area (Å²) in [5.41, 5.74) is -0.0899. The van der Waals surface area contributed by atoms with Crippen LogP contribution >= 0.6 is 11.6 Å². The van der Waals surface area contributed by atoms with Crippen molar-refractivity contribution in [2.24, 2.45) is 0 Å². The molecule has 0 atom stereocenters. The van der Waals surface area contributed by atoms with Crippen LogP contribution in [-0.4, -0.2) is 31.0 Å². The van der Waals surface area contributed by atoms with Crippen LogP contribution in [0.5, 0.6) is 0 Å². The molecule has 0 fully saturated rings. The van der Waals surface area contributed by atoms with E-state index in [-0.39, 0.29) is 22.2 Å². The largest absolute Gasteiger partial charge is 0.289 e. The molecule has 0 radical (unpaired) electrons. The molecule has 1 amide bonds. The van der Waals surface area contributed by atoms with Crippen LogP contribution in [0, 0.1) is 10.1 Å². The second kappa shape index (κ2) is 5.61. The van der Waals surface area contributed by atoms with Gasteiger partial charge in [0.2, 0.25) is 5.95 Å². The molecule has 104 valence electrons. The molecule has 1 aromatic heterocycles. The van der Waals surface area contributed by atoms with Crippen LogP contribution in [0.15, 0.2) is 18.2 Å². The van der Waals surface area contributed by atoms with E-state index in [0.717, 1.165) is 0 Å². The Kier molecular flexibility index (Phi) is 3.89. The van der Waals surface area contributed by atoms with Crippen molar-refractivity contribution in [1.29, 1.82) is 0 Å². The summed E-state index contributed by atoms with van der Waals surface area (Å²) in [5, 5.41) is 23.8. The molecular weight excluding hydrogens is 288 g/mol. The van der Waals surface area contributed by atoms with Gasteiger partial charge >= 0.3 is 0 Å². The first kappa shape index (κ1) is 13.9. The lowest BCUT2D eigenvalue weighted by molar-refractivity contribution is -0.384. The molecule has 9 nitrogen and oxygen atoms in total. The molecule has 0 spiro atoms. The van der Waals surface area contributed by atoms with Crippen molar-refractivity contribution in [3.63, 3.8) is 0 Å². The van der Waals surface area contributed by atoms with Crippen LogP contribution in [0.1, 0.15) is 17.3 Å². The fourth-order valence-corrected chi connectivity index (χ4v) is 1.73. The Balaban J connectivity index is 2.22. The topological polar surface area (TPSA) is 116 Å². The molecule has 20 heavy (non-hydrogen) atoms. The maximum Gasteiger partial charge on any atom is 0.287 e. The lowest BCUT2D eigenvalue weighted by atomic mass is 10.2. The third-order valence-corrected chi connectivity index (χ3v) is 2.77. The number of nitro benzene ring substituents is 1. The number of aromatic nitrogens is 4. The van der Waals surface area contributed by atoms with Crippen molar-refractivity contribution < 1.29 is 9.72 Å². The van der Waals surface area contributed by atoms with Gasteiger partial charge in [-0.2, -0.15) is 0 Å². The molecule has 0 aliphatic rings. The second-order valence-electron chi connectivity index (χ2n) is 3.70. The number of tetrazole rings is 1. The Morgan fingerprint density at radius 3 is 2.90 bits per heavy atom. The summed E-state index contributed by atoms with van der Waals surface area (Å²) < 4.78 is 1.39. The molecule has 2 aromatic rings. The summed E-state index contributed by atoms with van der Waals surface area (Å²) in [5.74, 6) is -0.321. The van der Waals surface area contributed by atoms with Gasteiger partial charge < -0.3 is 0 Å². The predicted molar refractivity (Wildman–Crippen MR) is 69.6 cm³/mol. The summed E-state index contributed by atoms with van der Waals surface area (Å²) in [6, 6.07) is 3.69. The van der Waals surface area contributed by atoms with Crippen molar-refractivity contribution in [2.75, 3.05) is 5.32 Å². The highest BCUT2D eigenvalue weighted by molar-refractivity contribution is 6.33. The second-order valence-corrected chi connectivity index (χ2v) is 4.10. The number of anilines is 1. The van der Waals surface area contributed by atoms with Gasteiger partial charge in [0.1, 0.15) is 5.02 Å². The number of carbonyl (C=O) groups is 1. The predicted octanol–water partition coefficient (Wildman–Crippen LogP) is 1.51. The van der Waals surface area contributed by atoms with Gasteiger partial charge in [0.05, 0.1) is 4.92 Å². The first-order valence-electron chi connectivity index (χ1n) is 5.54. The molecule has 0 saturated heterocycles. The molecule has 10 heteroatoms. The van der Waals surface area contributed by atoms with Crippen molar-refractivity contribution in [1.82, 2.24) is 20.2 Å². The molecule has 1 N–H and O–H groups in total. The number of hydrogen-bond donors (Lipinski definition) is 1. The van der Waals surface area contributed by atoms with Gasteiger partial charge in [0, 0.05) is 18.2 Å². The summed E-state index contributed by atoms with van der Waals surface area (Å²) in [4.78, 5) is 22.0. The summed E-state index contributed by atoms with van der Waals surface area (Å²) in [6.45, 7) is 2.30. The number of benzene rings is 1. The molecule has 1 aromatic carbocycles. The van der Waals surface area contributed by atoms with Crippen molar-refractivity contribution in [3.05, 3.63) is 38.9 Å². The van der Waals surface area contributed by atoms with Crippen LogP contribution in [0.4, 0.5) is 11.6 Å². The van der Waals surface area contributed by atoms with Crippen LogP contribution in [0.25, 0.3) is 0 Å². The van der Waals surface area contributed by atoms with Crippen molar-refractivity contribution in [3.8, 4) is 0 Å². The molecule has 0 aliphatic carbocycles. The smallest absolute Gasteiger partial charge is 0.287 e. The number of hydrogen-bond acceptors (Lipinski definition) is 6. The minimum absolute atomic E-state index is 0.113. The summed E-state index contributed by atoms with van der Waals surface area (Å²) in [7, 11) is 0. The number of amides is 1. The van der Waals surface area contributed by atoms with E-state index in [2.05, 4.69) is 20.8 Å². The third-order valence-electron chi connectivity index (χ3n) is 2.46. The van der Waals surface area contributed by atoms with Gasteiger partial charge in [-0.1, -0.05) is 16.7 Å². The van der Waals surface area contributed by atoms with Gasteiger partial charge in [0.15, 0.2) is 0 Å². The quantitative estimate of drug-likeness (QED) is 0.675. The van der Waals surface area contributed by atoms with E-state index >= 15 is 0 Å². The van der Waals surface area contributed by atoms with E-state index < -0.39 is 10.8 Å². The van der Waals surface area contributed by atoms with Gasteiger partial charge in [-0.15, -0.1) is 0 Å². The average molecular weight is 297 g/mol. The van der Waals surface area contributed by atoms with Gasteiger partial charge in [-0.25, -0.2) is 4.68 Å². The number of nitro groups is 1. The zero-order chi connectivity index (χ0) is 14.7. The maximum atomic E-state index is 12.0. The number of nitrogens with zero attached hydrogens (tertiary/aromatic N) is 5. The Morgan fingerprint density at radius 2 is 2.30 bits per heavy atom. The van der Waals surface area contributed by atoms with E-state index in [4.69, 9.17) is 11.6 Å². The van der Waals surface area contributed by atoms with Crippen molar-refractivity contribution in [2.45, 2.75) is 13.5 Å². The number of halogens is 1. The number of rotatable bonds is 4. The lowest BCUT2D eigenvalue weighted by Gasteiger charge is -2.04. The van der Waals surface area contributed by atoms with E-state index in [1.54, 1.807) is 0 Å². The standard InChI is InChI=1S/C10H9ClN6O3/c1-2-16-10(13-14-15-16)12-9(18)6-3-4-8(17(19)20)7(11)5-6/h3-5H,2H2,1H3,(H,12,13,15,18). The fourth-order valence-electron chi connectivity index (χ4n) is 1.48.